The van der Waals surface area contributed by atoms with Crippen molar-refractivity contribution in [1.29, 1.82) is 0 Å². The molecular weight excluding hydrogens is 136 g/mol. The minimum Gasteiger partial charge on any atom is -0.457 e. The molecule has 3 heteroatoms. The summed E-state index contributed by atoms with van der Waals surface area (Å²) in [6.07, 6.45) is 0.938. The van der Waals surface area contributed by atoms with Gasteiger partial charge in [0.1, 0.15) is 0 Å². The van der Waals surface area contributed by atoms with Gasteiger partial charge in [-0.1, -0.05) is 6.92 Å². The molecule has 0 aliphatic heterocycles. The van der Waals surface area contributed by atoms with Gasteiger partial charge in [-0.2, -0.15) is 11.8 Å². The monoisotopic (exact) mass is 147 g/mol. The Morgan fingerprint density at radius 3 is 3.00 bits per heavy atom. The number of hydrogen-bond donors (Lipinski definition) is 0. The van der Waals surface area contributed by atoms with Crippen LogP contribution in [-0.4, -0.2) is 24.6 Å². The summed E-state index contributed by atoms with van der Waals surface area (Å²) >= 11 is 1.85. The molecule has 0 rings (SSSR count). The lowest BCUT2D eigenvalue weighted by Crippen LogP contribution is -1.92. The molecular formula is C6H11O2S. The average Bonchev–Trinajstić information content (AvgIpc) is 1.89. The lowest BCUT2D eigenvalue weighted by atomic mass is 10.5. The molecule has 0 aliphatic rings. The number of ether oxygens (including phenoxy) is 1. The van der Waals surface area contributed by atoms with Crippen molar-refractivity contribution >= 4 is 18.2 Å². The Morgan fingerprint density at radius 1 is 1.67 bits per heavy atom. The molecule has 0 N–H and O–H groups in total. The van der Waals surface area contributed by atoms with Gasteiger partial charge in [0.25, 0.3) is 0 Å². The lowest BCUT2D eigenvalue weighted by Gasteiger charge is -1.95. The highest BCUT2D eigenvalue weighted by molar-refractivity contribution is 7.99. The van der Waals surface area contributed by atoms with E-state index in [2.05, 4.69) is 11.7 Å². The molecule has 0 aromatic rings. The van der Waals surface area contributed by atoms with Crippen LogP contribution in [0.2, 0.25) is 0 Å². The average molecular weight is 147 g/mol. The van der Waals surface area contributed by atoms with Gasteiger partial charge in [-0.3, -0.25) is 0 Å². The fourth-order valence-corrected chi connectivity index (χ4v) is 1.03. The quantitative estimate of drug-likeness (QED) is 0.528. The second-order valence-corrected chi connectivity index (χ2v) is 2.88. The van der Waals surface area contributed by atoms with Crippen LogP contribution in [0.5, 0.6) is 0 Å². The van der Waals surface area contributed by atoms with E-state index in [1.807, 2.05) is 11.8 Å². The van der Waals surface area contributed by atoms with Crippen LogP contribution >= 0.6 is 11.8 Å². The van der Waals surface area contributed by atoms with E-state index in [4.69, 9.17) is 0 Å². The first kappa shape index (κ1) is 8.82. The van der Waals surface area contributed by atoms with Crippen LogP contribution < -0.4 is 0 Å². The predicted molar refractivity (Wildman–Crippen MR) is 39.3 cm³/mol. The molecule has 0 aliphatic carbocycles. The zero-order valence-corrected chi connectivity index (χ0v) is 6.37. The van der Waals surface area contributed by atoms with Crippen molar-refractivity contribution < 1.29 is 9.53 Å². The van der Waals surface area contributed by atoms with Crippen molar-refractivity contribution in [3.63, 3.8) is 0 Å². The van der Waals surface area contributed by atoms with Gasteiger partial charge in [0.05, 0.1) is 6.61 Å². The topological polar surface area (TPSA) is 26.3 Å². The molecule has 0 aromatic heterocycles. The minimum absolute atomic E-state index is 0.510. The number of carbonyl (C=O) groups excluding carboxylic acids is 1. The van der Waals surface area contributed by atoms with Crippen molar-refractivity contribution in [3.8, 4) is 0 Å². The maximum atomic E-state index is 9.48. The molecule has 0 heterocycles. The van der Waals surface area contributed by atoms with E-state index in [9.17, 15) is 4.79 Å². The van der Waals surface area contributed by atoms with E-state index in [1.54, 1.807) is 0 Å². The van der Waals surface area contributed by atoms with Crippen molar-refractivity contribution in [3.05, 3.63) is 0 Å². The van der Waals surface area contributed by atoms with E-state index >= 15 is 0 Å². The molecule has 53 valence electrons. The maximum absolute atomic E-state index is 9.48. The van der Waals surface area contributed by atoms with Crippen LogP contribution in [-0.2, 0) is 9.53 Å². The molecule has 2 nitrogen and oxygen atoms in total. The number of rotatable bonds is 6. The molecule has 0 fully saturated rings. The van der Waals surface area contributed by atoms with Crippen LogP contribution in [0.1, 0.15) is 13.3 Å². The highest BCUT2D eigenvalue weighted by atomic mass is 32.2. The summed E-state index contributed by atoms with van der Waals surface area (Å²) in [5.74, 6) is 2.20. The van der Waals surface area contributed by atoms with Crippen molar-refractivity contribution in [1.82, 2.24) is 0 Å². The highest BCUT2D eigenvalue weighted by Crippen LogP contribution is 1.99. The van der Waals surface area contributed by atoms with E-state index in [-0.39, 0.29) is 0 Å². The maximum Gasteiger partial charge on any atom is 0.417 e. The zero-order chi connectivity index (χ0) is 6.95. The zero-order valence-electron chi connectivity index (χ0n) is 5.55. The summed E-state index contributed by atoms with van der Waals surface area (Å²) in [6.45, 7) is 4.00. The molecule has 0 bridgehead atoms. The third-order valence-corrected chi connectivity index (χ3v) is 1.78. The first-order valence-electron chi connectivity index (χ1n) is 2.98. The first-order valence-corrected chi connectivity index (χ1v) is 4.14. The molecule has 9 heavy (non-hydrogen) atoms. The van der Waals surface area contributed by atoms with Gasteiger partial charge in [-0.25, -0.2) is 4.79 Å². The van der Waals surface area contributed by atoms with Gasteiger partial charge in [-0.15, -0.1) is 0 Å². The van der Waals surface area contributed by atoms with Gasteiger partial charge in [0.2, 0.25) is 0 Å². The Balaban J connectivity index is 2.66. The molecule has 1 radical (unpaired) electrons. The summed E-state index contributed by atoms with van der Waals surface area (Å²) in [6, 6.07) is 0. The normalized spacial score (nSPS) is 9.00. The summed E-state index contributed by atoms with van der Waals surface area (Å²) in [5, 5.41) is 0. The Morgan fingerprint density at radius 2 is 2.44 bits per heavy atom. The van der Waals surface area contributed by atoms with Gasteiger partial charge >= 0.3 is 6.47 Å². The van der Waals surface area contributed by atoms with Crippen LogP contribution in [0.3, 0.4) is 0 Å². The van der Waals surface area contributed by atoms with Gasteiger partial charge in [0.15, 0.2) is 0 Å². The lowest BCUT2D eigenvalue weighted by molar-refractivity contribution is 0.279. The third-order valence-electron chi connectivity index (χ3n) is 0.798. The minimum atomic E-state index is 0.510. The predicted octanol–water partition coefficient (Wildman–Crippen LogP) is 1.21. The van der Waals surface area contributed by atoms with Crippen LogP contribution in [0.4, 0.5) is 0 Å². The van der Waals surface area contributed by atoms with Crippen molar-refractivity contribution in [2.45, 2.75) is 13.3 Å². The third kappa shape index (κ3) is 7.82. The Labute approximate surface area is 60.0 Å². The molecule has 0 amide bonds. The smallest absolute Gasteiger partial charge is 0.417 e. The Hall–Kier alpha value is -0.180. The van der Waals surface area contributed by atoms with E-state index in [0.717, 1.165) is 17.9 Å². The second-order valence-electron chi connectivity index (χ2n) is 1.48. The molecule has 0 atom stereocenters. The SMILES string of the molecule is CCSCCCO[C]=O. The van der Waals surface area contributed by atoms with Crippen LogP contribution in [0.15, 0.2) is 0 Å². The molecule has 0 saturated heterocycles. The first-order chi connectivity index (χ1) is 4.41. The largest absolute Gasteiger partial charge is 0.457 e. The summed E-state index contributed by atoms with van der Waals surface area (Å²) in [4.78, 5) is 9.48. The standard InChI is InChI=1S/C6H11O2S/c1-2-9-5-3-4-8-6-7/h2-5H2,1H3. The van der Waals surface area contributed by atoms with Crippen LogP contribution in [0.25, 0.3) is 0 Å². The molecule has 0 spiro atoms. The van der Waals surface area contributed by atoms with Gasteiger partial charge < -0.3 is 4.74 Å². The molecule has 0 saturated carbocycles. The van der Waals surface area contributed by atoms with Gasteiger partial charge in [-0.05, 0) is 17.9 Å². The summed E-state index contributed by atoms with van der Waals surface area (Å²) < 4.78 is 4.36. The highest BCUT2D eigenvalue weighted by Gasteiger charge is 1.86. The molecule has 0 aromatic carbocycles. The Bertz CT molecular complexity index is 66.1. The number of thioether (sulfide) groups is 1. The van der Waals surface area contributed by atoms with Gasteiger partial charge in [0, 0.05) is 0 Å². The van der Waals surface area contributed by atoms with Crippen molar-refractivity contribution in [2.24, 2.45) is 0 Å². The summed E-state index contributed by atoms with van der Waals surface area (Å²) in [7, 11) is 0. The van der Waals surface area contributed by atoms with E-state index in [0.29, 0.717) is 6.61 Å². The number of hydrogen-bond acceptors (Lipinski definition) is 3. The fourth-order valence-electron chi connectivity index (χ4n) is 0.419. The fraction of sp³-hybridized carbons (Fsp3) is 0.833. The Kier molecular flexibility index (Phi) is 7.66. The van der Waals surface area contributed by atoms with Crippen LogP contribution in [0, 0.1) is 0 Å². The summed E-state index contributed by atoms with van der Waals surface area (Å²) in [5.41, 5.74) is 0. The van der Waals surface area contributed by atoms with Crippen molar-refractivity contribution in [2.75, 3.05) is 18.1 Å². The van der Waals surface area contributed by atoms with E-state index in [1.165, 1.54) is 6.47 Å². The molecule has 0 unspecified atom stereocenters. The van der Waals surface area contributed by atoms with E-state index < -0.39 is 0 Å². The second kappa shape index (κ2) is 7.82.